The lowest BCUT2D eigenvalue weighted by molar-refractivity contribution is -0.111. The Morgan fingerprint density at radius 1 is 0.923 bits per heavy atom. The molecular weight excluding hydrogens is 340 g/mol. The molecule has 0 unspecified atom stereocenters. The van der Waals surface area contributed by atoms with Crippen molar-refractivity contribution in [3.05, 3.63) is 83.9 Å². The van der Waals surface area contributed by atoms with E-state index in [1.54, 1.807) is 6.26 Å². The highest BCUT2D eigenvalue weighted by Crippen LogP contribution is 2.32. The molecule has 0 aliphatic carbocycles. The van der Waals surface area contributed by atoms with Crippen LogP contribution in [-0.4, -0.2) is 22.6 Å². The van der Waals surface area contributed by atoms with E-state index in [0.29, 0.717) is 19.3 Å². The van der Waals surface area contributed by atoms with Gasteiger partial charge in [-0.1, -0.05) is 84.6 Å². The van der Waals surface area contributed by atoms with Gasteiger partial charge in [0.1, 0.15) is 0 Å². The van der Waals surface area contributed by atoms with Crippen molar-refractivity contribution in [2.75, 3.05) is 6.26 Å². The van der Waals surface area contributed by atoms with Gasteiger partial charge >= 0.3 is 0 Å². The second-order valence-corrected chi connectivity index (χ2v) is 7.39. The Morgan fingerprint density at radius 3 is 2.35 bits per heavy atom. The van der Waals surface area contributed by atoms with Crippen molar-refractivity contribution in [2.45, 2.75) is 31.3 Å². The predicted octanol–water partition coefficient (Wildman–Crippen LogP) is 5.39. The van der Waals surface area contributed by atoms with Crippen LogP contribution in [0.3, 0.4) is 0 Å². The molecule has 0 aliphatic heterocycles. The highest BCUT2D eigenvalue weighted by molar-refractivity contribution is 8.13. The number of carbonyl (C=O) groups is 1. The fourth-order valence-corrected chi connectivity index (χ4v) is 3.77. The van der Waals surface area contributed by atoms with Gasteiger partial charge in [0.2, 0.25) is 0 Å². The maximum atomic E-state index is 11.5. The van der Waals surface area contributed by atoms with Crippen molar-refractivity contribution in [3.8, 4) is 0 Å². The van der Waals surface area contributed by atoms with Gasteiger partial charge in [-0.2, -0.15) is 0 Å². The van der Waals surface area contributed by atoms with E-state index < -0.39 is 6.10 Å². The van der Waals surface area contributed by atoms with Crippen LogP contribution in [-0.2, 0) is 4.79 Å². The molecule has 1 N–H and O–H groups in total. The van der Waals surface area contributed by atoms with Crippen molar-refractivity contribution >= 4 is 27.6 Å². The summed E-state index contributed by atoms with van der Waals surface area (Å²) in [5, 5.41) is 13.5. The van der Waals surface area contributed by atoms with Gasteiger partial charge in [-0.3, -0.25) is 4.79 Å². The number of fused-ring (bicyclic) bond motifs is 1. The smallest absolute Gasteiger partial charge is 0.188 e. The monoisotopic (exact) mass is 364 g/mol. The minimum absolute atomic E-state index is 0.0924. The summed E-state index contributed by atoms with van der Waals surface area (Å²) < 4.78 is 0. The summed E-state index contributed by atoms with van der Waals surface area (Å²) in [5.41, 5.74) is 2.21. The van der Waals surface area contributed by atoms with Crippen LogP contribution in [0.25, 0.3) is 10.8 Å². The Kier molecular flexibility index (Phi) is 6.48. The SMILES string of the molecule is CSC(=O)CCC[C@@H](O)[C@@H](c1ccccc1)c1ccc2ccccc2c1. The second-order valence-electron chi connectivity index (χ2n) is 6.53. The van der Waals surface area contributed by atoms with E-state index >= 15 is 0 Å². The molecule has 3 heteroatoms. The van der Waals surface area contributed by atoms with Crippen molar-refractivity contribution in [2.24, 2.45) is 0 Å². The normalized spacial score (nSPS) is 13.5. The van der Waals surface area contributed by atoms with Gasteiger partial charge in [-0.25, -0.2) is 0 Å². The van der Waals surface area contributed by atoms with E-state index in [0.717, 1.165) is 11.1 Å². The summed E-state index contributed by atoms with van der Waals surface area (Å²) >= 11 is 1.26. The van der Waals surface area contributed by atoms with E-state index in [1.807, 2.05) is 30.3 Å². The topological polar surface area (TPSA) is 37.3 Å². The standard InChI is InChI=1S/C23H24O2S/c1-26-22(25)13-7-12-21(24)23(18-9-3-2-4-10-18)20-15-14-17-8-5-6-11-19(17)16-20/h2-6,8-11,14-16,21,23-24H,7,12-13H2,1H3/t21-,23+/m1/s1. The molecule has 3 rings (SSSR count). The number of carbonyl (C=O) groups excluding carboxylic acids is 1. The summed E-state index contributed by atoms with van der Waals surface area (Å²) in [6.45, 7) is 0. The number of benzene rings is 3. The Balaban J connectivity index is 1.88. The summed E-state index contributed by atoms with van der Waals surface area (Å²) in [6.07, 6.45) is 3.11. The zero-order valence-electron chi connectivity index (χ0n) is 15.0. The molecule has 0 aliphatic rings. The van der Waals surface area contributed by atoms with Crippen LogP contribution >= 0.6 is 11.8 Å². The fourth-order valence-electron chi connectivity index (χ4n) is 3.42. The summed E-state index contributed by atoms with van der Waals surface area (Å²) in [5.74, 6) is -0.0924. The first-order chi connectivity index (χ1) is 12.7. The molecule has 0 heterocycles. The molecular formula is C23H24O2S. The largest absolute Gasteiger partial charge is 0.392 e. The Hall–Kier alpha value is -2.10. The molecule has 0 spiro atoms. The van der Waals surface area contributed by atoms with Gasteiger partial charge in [0.15, 0.2) is 5.12 Å². The van der Waals surface area contributed by atoms with E-state index in [-0.39, 0.29) is 11.0 Å². The van der Waals surface area contributed by atoms with Crippen LogP contribution in [0.2, 0.25) is 0 Å². The van der Waals surface area contributed by atoms with Crippen molar-refractivity contribution < 1.29 is 9.90 Å². The van der Waals surface area contributed by atoms with Gasteiger partial charge in [-0.15, -0.1) is 0 Å². The van der Waals surface area contributed by atoms with Gasteiger partial charge in [0.05, 0.1) is 6.10 Å². The lowest BCUT2D eigenvalue weighted by Gasteiger charge is -2.24. The Labute approximate surface area is 159 Å². The zero-order chi connectivity index (χ0) is 18.4. The molecule has 0 saturated heterocycles. The van der Waals surface area contributed by atoms with Crippen molar-refractivity contribution in [3.63, 3.8) is 0 Å². The third-order valence-corrected chi connectivity index (χ3v) is 5.44. The molecule has 0 aromatic heterocycles. The van der Waals surface area contributed by atoms with Crippen molar-refractivity contribution in [1.82, 2.24) is 0 Å². The molecule has 134 valence electrons. The molecule has 26 heavy (non-hydrogen) atoms. The van der Waals surface area contributed by atoms with E-state index in [2.05, 4.69) is 42.5 Å². The Morgan fingerprint density at radius 2 is 1.62 bits per heavy atom. The number of thioether (sulfide) groups is 1. The second kappa shape index (κ2) is 9.02. The van der Waals surface area contributed by atoms with Crippen LogP contribution in [0.4, 0.5) is 0 Å². The molecule has 0 fully saturated rings. The first-order valence-corrected chi connectivity index (χ1v) is 10.2. The van der Waals surface area contributed by atoms with Gasteiger partial charge < -0.3 is 5.11 Å². The summed E-state index contributed by atoms with van der Waals surface area (Å²) in [7, 11) is 0. The third-order valence-electron chi connectivity index (χ3n) is 4.78. The van der Waals surface area contributed by atoms with E-state index in [1.165, 1.54) is 22.5 Å². The molecule has 3 aromatic carbocycles. The number of hydrogen-bond donors (Lipinski definition) is 1. The minimum Gasteiger partial charge on any atom is -0.392 e. The zero-order valence-corrected chi connectivity index (χ0v) is 15.8. The van der Waals surface area contributed by atoms with Gasteiger partial charge in [0.25, 0.3) is 0 Å². The van der Waals surface area contributed by atoms with Crippen LogP contribution < -0.4 is 0 Å². The number of aliphatic hydroxyl groups is 1. The summed E-state index contributed by atoms with van der Waals surface area (Å²) in [4.78, 5) is 11.5. The van der Waals surface area contributed by atoms with Crippen LogP contribution in [0.1, 0.15) is 36.3 Å². The van der Waals surface area contributed by atoms with E-state index in [4.69, 9.17) is 0 Å². The van der Waals surface area contributed by atoms with Crippen LogP contribution in [0, 0.1) is 0 Å². The number of rotatable bonds is 7. The number of aliphatic hydroxyl groups excluding tert-OH is 1. The van der Waals surface area contributed by atoms with Crippen LogP contribution in [0.15, 0.2) is 72.8 Å². The average molecular weight is 365 g/mol. The molecule has 0 bridgehead atoms. The van der Waals surface area contributed by atoms with Crippen LogP contribution in [0.5, 0.6) is 0 Å². The summed E-state index contributed by atoms with van der Waals surface area (Å²) in [6, 6.07) is 24.8. The quantitative estimate of drug-likeness (QED) is 0.610. The molecule has 0 radical (unpaired) electrons. The highest BCUT2D eigenvalue weighted by Gasteiger charge is 2.23. The predicted molar refractivity (Wildman–Crippen MR) is 111 cm³/mol. The minimum atomic E-state index is -0.520. The molecule has 2 nitrogen and oxygen atoms in total. The highest BCUT2D eigenvalue weighted by atomic mass is 32.2. The Bertz CT molecular complexity index is 860. The number of hydrogen-bond acceptors (Lipinski definition) is 3. The fraction of sp³-hybridized carbons (Fsp3) is 0.261. The lowest BCUT2D eigenvalue weighted by Crippen LogP contribution is -2.20. The van der Waals surface area contributed by atoms with Gasteiger partial charge in [0, 0.05) is 12.3 Å². The molecule has 0 saturated carbocycles. The van der Waals surface area contributed by atoms with E-state index in [9.17, 15) is 9.90 Å². The first-order valence-electron chi connectivity index (χ1n) is 8.97. The molecule has 2 atom stereocenters. The van der Waals surface area contributed by atoms with Crippen molar-refractivity contribution in [1.29, 1.82) is 0 Å². The first kappa shape index (κ1) is 18.7. The molecule has 0 amide bonds. The van der Waals surface area contributed by atoms with Gasteiger partial charge in [-0.05, 0) is 41.0 Å². The average Bonchev–Trinajstić information content (AvgIpc) is 2.68. The lowest BCUT2D eigenvalue weighted by atomic mass is 9.84. The molecule has 3 aromatic rings. The maximum absolute atomic E-state index is 11.5. The third kappa shape index (κ3) is 4.54. The maximum Gasteiger partial charge on any atom is 0.188 e.